The smallest absolute Gasteiger partial charge is 0.407 e. The van der Waals surface area contributed by atoms with Crippen molar-refractivity contribution in [3.05, 3.63) is 157 Å². The number of rotatable bonds is 20. The van der Waals surface area contributed by atoms with Crippen molar-refractivity contribution in [3.8, 4) is 11.1 Å². The van der Waals surface area contributed by atoms with Gasteiger partial charge < -0.3 is 30.1 Å². The molecular formula is C45H49N3O7. The number of carbonyl (C=O) groups excluding carboxylic acids is 4. The third-order valence-electron chi connectivity index (χ3n) is 9.67. The van der Waals surface area contributed by atoms with Crippen LogP contribution < -0.4 is 10.6 Å². The molecule has 286 valence electrons. The van der Waals surface area contributed by atoms with E-state index >= 15 is 0 Å². The van der Waals surface area contributed by atoms with Crippen LogP contribution in [0.2, 0.25) is 0 Å². The van der Waals surface area contributed by atoms with Gasteiger partial charge in [-0.05, 0) is 52.6 Å². The third kappa shape index (κ3) is 11.0. The lowest BCUT2D eigenvalue weighted by atomic mass is 9.97. The monoisotopic (exact) mass is 743 g/mol. The molecule has 10 heteroatoms. The Kier molecular flexibility index (Phi) is 14.9. The molecule has 4 aromatic rings. The second-order valence-electron chi connectivity index (χ2n) is 13.4. The molecule has 0 saturated heterocycles. The van der Waals surface area contributed by atoms with Gasteiger partial charge in [0.15, 0.2) is 0 Å². The molecule has 10 nitrogen and oxygen atoms in total. The van der Waals surface area contributed by atoms with Gasteiger partial charge in [-0.25, -0.2) is 9.59 Å². The summed E-state index contributed by atoms with van der Waals surface area (Å²) in [5.41, 5.74) is 5.94. The number of esters is 1. The van der Waals surface area contributed by atoms with E-state index in [1.807, 2.05) is 84.9 Å². The highest BCUT2D eigenvalue weighted by atomic mass is 16.6. The first-order valence-corrected chi connectivity index (χ1v) is 18.6. The van der Waals surface area contributed by atoms with Crippen molar-refractivity contribution >= 4 is 23.9 Å². The molecular weight excluding hydrogens is 695 g/mol. The van der Waals surface area contributed by atoms with Crippen LogP contribution in [0.25, 0.3) is 11.1 Å². The number of nitrogens with zero attached hydrogens (tertiary/aromatic N) is 1. The molecule has 55 heavy (non-hydrogen) atoms. The minimum absolute atomic E-state index is 0.0869. The second-order valence-corrected chi connectivity index (χ2v) is 13.4. The summed E-state index contributed by atoms with van der Waals surface area (Å²) < 4.78 is 11.5. The van der Waals surface area contributed by atoms with Crippen molar-refractivity contribution in [2.45, 2.75) is 50.2 Å². The van der Waals surface area contributed by atoms with E-state index in [0.29, 0.717) is 18.5 Å². The minimum atomic E-state index is -1.03. The van der Waals surface area contributed by atoms with Crippen molar-refractivity contribution in [1.82, 2.24) is 15.5 Å². The Bertz CT molecular complexity index is 1870. The zero-order valence-corrected chi connectivity index (χ0v) is 31.0. The number of ether oxygens (including phenoxy) is 2. The van der Waals surface area contributed by atoms with Crippen molar-refractivity contribution < 1.29 is 33.8 Å². The first-order valence-electron chi connectivity index (χ1n) is 18.6. The van der Waals surface area contributed by atoms with Crippen LogP contribution in [0.3, 0.4) is 0 Å². The summed E-state index contributed by atoms with van der Waals surface area (Å²) in [6.45, 7) is 7.60. The number of hydrogen-bond donors (Lipinski definition) is 3. The Morgan fingerprint density at radius 1 is 0.782 bits per heavy atom. The number of aliphatic hydroxyl groups excluding tert-OH is 1. The molecule has 0 aromatic heterocycles. The number of aliphatic hydroxyl groups is 1. The summed E-state index contributed by atoms with van der Waals surface area (Å²) >= 11 is 0. The number of amides is 3. The minimum Gasteiger partial charge on any atom is -0.462 e. The molecule has 0 saturated carbocycles. The Balaban J connectivity index is 1.22. The Morgan fingerprint density at radius 3 is 2.02 bits per heavy atom. The highest BCUT2D eigenvalue weighted by Crippen LogP contribution is 2.44. The van der Waals surface area contributed by atoms with Crippen LogP contribution in [0.4, 0.5) is 4.79 Å². The second kappa shape index (κ2) is 20.5. The van der Waals surface area contributed by atoms with Gasteiger partial charge in [0, 0.05) is 25.4 Å². The summed E-state index contributed by atoms with van der Waals surface area (Å²) in [4.78, 5) is 55.5. The molecule has 0 bridgehead atoms. The number of fused-ring (bicyclic) bond motifs is 3. The van der Waals surface area contributed by atoms with Gasteiger partial charge in [-0.15, -0.1) is 13.2 Å². The van der Waals surface area contributed by atoms with E-state index in [1.165, 1.54) is 4.90 Å². The van der Waals surface area contributed by atoms with E-state index in [2.05, 4.69) is 35.9 Å². The van der Waals surface area contributed by atoms with Gasteiger partial charge in [0.2, 0.25) is 11.8 Å². The third-order valence-corrected chi connectivity index (χ3v) is 9.67. The van der Waals surface area contributed by atoms with Crippen LogP contribution in [-0.2, 0) is 30.4 Å². The maximum atomic E-state index is 13.8. The van der Waals surface area contributed by atoms with E-state index in [0.717, 1.165) is 27.8 Å². The summed E-state index contributed by atoms with van der Waals surface area (Å²) in [5.74, 6) is -2.30. The number of benzene rings is 4. The molecule has 1 aliphatic rings. The summed E-state index contributed by atoms with van der Waals surface area (Å²) in [6, 6.07) is 32.8. The van der Waals surface area contributed by atoms with E-state index in [4.69, 9.17) is 9.47 Å². The quantitative estimate of drug-likeness (QED) is 0.0665. The highest BCUT2D eigenvalue weighted by Gasteiger charge is 2.31. The predicted octanol–water partition coefficient (Wildman–Crippen LogP) is 6.86. The summed E-state index contributed by atoms with van der Waals surface area (Å²) in [7, 11) is 0. The molecule has 3 amide bonds. The lowest BCUT2D eigenvalue weighted by Gasteiger charge is -2.26. The fourth-order valence-electron chi connectivity index (χ4n) is 6.82. The molecule has 1 aliphatic carbocycles. The molecule has 3 atom stereocenters. The molecule has 0 heterocycles. The molecule has 0 radical (unpaired) electrons. The summed E-state index contributed by atoms with van der Waals surface area (Å²) in [6.07, 6.45) is 3.25. The zero-order valence-electron chi connectivity index (χ0n) is 31.0. The lowest BCUT2D eigenvalue weighted by molar-refractivity contribution is -0.147. The average Bonchev–Trinajstić information content (AvgIpc) is 3.53. The predicted molar refractivity (Wildman–Crippen MR) is 212 cm³/mol. The molecule has 0 fully saturated rings. The van der Waals surface area contributed by atoms with Crippen molar-refractivity contribution in [2.24, 2.45) is 5.92 Å². The van der Waals surface area contributed by atoms with Gasteiger partial charge in [0.25, 0.3) is 0 Å². The Hall–Kier alpha value is -6.00. The van der Waals surface area contributed by atoms with Gasteiger partial charge in [-0.1, -0.05) is 121 Å². The maximum absolute atomic E-state index is 13.8. The number of nitrogens with one attached hydrogen (secondary N) is 2. The SMILES string of the molecule is C=CCC[C@H](NC(=O)OCC1c2ccccc2-c2ccccc21)C(=O)OC[C@H](NC(=O)[C@@H](CC=C)CC(=O)N(CCO)Cc1ccccc1)c1ccccc1. The normalized spacial score (nSPS) is 13.3. The van der Waals surface area contributed by atoms with E-state index in [-0.39, 0.29) is 57.5 Å². The fourth-order valence-corrected chi connectivity index (χ4v) is 6.82. The van der Waals surface area contributed by atoms with Crippen LogP contribution in [0, 0.1) is 5.92 Å². The number of carbonyl (C=O) groups is 4. The lowest BCUT2D eigenvalue weighted by Crippen LogP contribution is -2.44. The van der Waals surface area contributed by atoms with Crippen molar-refractivity contribution in [3.63, 3.8) is 0 Å². The highest BCUT2D eigenvalue weighted by molar-refractivity contribution is 5.86. The van der Waals surface area contributed by atoms with Crippen LogP contribution >= 0.6 is 0 Å². The largest absolute Gasteiger partial charge is 0.462 e. The number of allylic oxidation sites excluding steroid dienone is 2. The van der Waals surface area contributed by atoms with E-state index in [9.17, 15) is 24.3 Å². The van der Waals surface area contributed by atoms with Gasteiger partial charge in [-0.3, -0.25) is 9.59 Å². The van der Waals surface area contributed by atoms with Gasteiger partial charge in [0.05, 0.1) is 18.6 Å². The Labute approximate surface area is 322 Å². The van der Waals surface area contributed by atoms with Gasteiger partial charge >= 0.3 is 12.1 Å². The van der Waals surface area contributed by atoms with E-state index < -0.39 is 36.0 Å². The summed E-state index contributed by atoms with van der Waals surface area (Å²) in [5, 5.41) is 15.3. The van der Waals surface area contributed by atoms with Crippen LogP contribution in [0.15, 0.2) is 135 Å². The first-order chi connectivity index (χ1) is 26.8. The van der Waals surface area contributed by atoms with Crippen molar-refractivity contribution in [1.29, 1.82) is 0 Å². The molecule has 0 aliphatic heterocycles. The number of hydrogen-bond acceptors (Lipinski definition) is 7. The molecule has 5 rings (SSSR count). The van der Waals surface area contributed by atoms with E-state index in [1.54, 1.807) is 24.3 Å². The zero-order chi connectivity index (χ0) is 39.0. The number of alkyl carbamates (subject to hydrolysis) is 1. The van der Waals surface area contributed by atoms with Crippen LogP contribution in [0.5, 0.6) is 0 Å². The first kappa shape index (κ1) is 40.2. The van der Waals surface area contributed by atoms with Gasteiger partial charge in [-0.2, -0.15) is 0 Å². The standard InChI is InChI=1S/C45H49N3O7/c1-3-5-25-40(47-45(53)55-30-39-37-23-14-12-21-35(37)36-22-13-15-24-38(36)39)44(52)54-31-41(33-19-10-7-11-20-33)46-43(51)34(16-4-2)28-42(50)48(26-27-49)29-32-17-8-6-9-18-32/h3-4,6-15,17-24,34,39-41,49H,1-2,5,16,25-31H2,(H,46,51)(H,47,53)/t34-,40-,41-/m0/s1. The average molecular weight is 744 g/mol. The fraction of sp³-hybridized carbons (Fsp3) is 0.289. The van der Waals surface area contributed by atoms with Crippen LogP contribution in [0.1, 0.15) is 59.9 Å². The Morgan fingerprint density at radius 2 is 1.40 bits per heavy atom. The van der Waals surface area contributed by atoms with Crippen LogP contribution in [-0.4, -0.2) is 66.3 Å². The van der Waals surface area contributed by atoms with Crippen molar-refractivity contribution in [2.75, 3.05) is 26.4 Å². The topological polar surface area (TPSA) is 134 Å². The van der Waals surface area contributed by atoms with Gasteiger partial charge in [0.1, 0.15) is 19.3 Å². The molecule has 4 aromatic carbocycles. The molecule has 0 unspecified atom stereocenters. The maximum Gasteiger partial charge on any atom is 0.407 e. The molecule has 0 spiro atoms. The molecule has 3 N–H and O–H groups in total.